The zero-order chi connectivity index (χ0) is 25.9. The maximum atomic E-state index is 12.7. The second-order valence-corrected chi connectivity index (χ2v) is 8.20. The standard InChI is InChI=1S/C15H15FN8.C7H11F2NO2/c1-18-14-13-10(5-7-23(13)22-15(17)20-14)11-2-3-12-19-8-9(4-6-16)24(12)21-11;8-7(9)2-1-3-10(5-7)6(12)4-11/h2-3,5,7-8H,4,6H2,1H3,(H3,17,18,20,22);11H,1-5H2. The van der Waals surface area contributed by atoms with Crippen molar-refractivity contribution >= 4 is 28.8 Å². The SMILES string of the molecule is CNc1nc(N)nn2ccc(-c3ccc4ncc(CCF)n4n3)c12.O=C(CO)N1CCCC(F)(F)C1. The number of nitrogen functional groups attached to an aromatic ring is 1. The van der Waals surface area contributed by atoms with E-state index < -0.39 is 31.7 Å². The van der Waals surface area contributed by atoms with Gasteiger partial charge in [-0.2, -0.15) is 10.1 Å². The fraction of sp³-hybridized carbons (Fsp3) is 0.409. The van der Waals surface area contributed by atoms with Crippen LogP contribution in [0.15, 0.2) is 30.6 Å². The van der Waals surface area contributed by atoms with E-state index in [0.717, 1.165) is 21.7 Å². The van der Waals surface area contributed by atoms with Gasteiger partial charge in [0.1, 0.15) is 12.1 Å². The van der Waals surface area contributed by atoms with Crippen LogP contribution in [-0.2, 0) is 11.2 Å². The van der Waals surface area contributed by atoms with E-state index in [1.807, 2.05) is 18.2 Å². The van der Waals surface area contributed by atoms with Gasteiger partial charge >= 0.3 is 0 Å². The van der Waals surface area contributed by atoms with Gasteiger partial charge in [0.15, 0.2) is 11.5 Å². The van der Waals surface area contributed by atoms with Crippen LogP contribution in [-0.4, -0.2) is 84.5 Å². The normalized spacial score (nSPS) is 15.1. The van der Waals surface area contributed by atoms with E-state index in [0.29, 0.717) is 30.1 Å². The summed E-state index contributed by atoms with van der Waals surface area (Å²) in [5.74, 6) is -2.60. The predicted molar refractivity (Wildman–Crippen MR) is 126 cm³/mol. The number of alkyl halides is 3. The average Bonchev–Trinajstić information content (AvgIpc) is 3.47. The molecular formula is C22H26F3N9O2. The zero-order valence-corrected chi connectivity index (χ0v) is 19.5. The summed E-state index contributed by atoms with van der Waals surface area (Å²) in [5.41, 5.74) is 9.46. The number of aliphatic hydroxyl groups is 1. The Morgan fingerprint density at radius 2 is 2.08 bits per heavy atom. The molecule has 4 aromatic heterocycles. The number of imidazole rings is 1. The minimum Gasteiger partial charge on any atom is -0.387 e. The van der Waals surface area contributed by atoms with Crippen molar-refractivity contribution in [3.63, 3.8) is 0 Å². The smallest absolute Gasteiger partial charge is 0.265 e. The van der Waals surface area contributed by atoms with Crippen molar-refractivity contribution in [3.8, 4) is 11.3 Å². The number of hydrogen-bond acceptors (Lipinski definition) is 8. The number of aryl methyl sites for hydroxylation is 1. The molecule has 0 unspecified atom stereocenters. The third-order valence-electron chi connectivity index (χ3n) is 5.70. The van der Waals surface area contributed by atoms with Crippen LogP contribution in [0.25, 0.3) is 22.4 Å². The molecule has 5 rings (SSSR count). The molecule has 0 bridgehead atoms. The molecule has 14 heteroatoms. The van der Waals surface area contributed by atoms with Crippen LogP contribution >= 0.6 is 0 Å². The number of carbonyl (C=O) groups is 1. The number of aliphatic hydroxyl groups excluding tert-OH is 1. The summed E-state index contributed by atoms with van der Waals surface area (Å²) in [6.07, 6.45) is 3.86. The summed E-state index contributed by atoms with van der Waals surface area (Å²) in [5, 5.41) is 20.2. The van der Waals surface area contributed by atoms with Gasteiger partial charge < -0.3 is 21.1 Å². The molecule has 0 aliphatic carbocycles. The largest absolute Gasteiger partial charge is 0.387 e. The number of anilines is 2. The Hall–Kier alpha value is -3.94. The number of halogens is 3. The number of rotatable bonds is 5. The summed E-state index contributed by atoms with van der Waals surface area (Å²) < 4.78 is 41.4. The van der Waals surface area contributed by atoms with Crippen molar-refractivity contribution < 1.29 is 23.1 Å². The molecule has 192 valence electrons. The van der Waals surface area contributed by atoms with Crippen LogP contribution in [0.4, 0.5) is 24.9 Å². The first-order valence-corrected chi connectivity index (χ1v) is 11.3. The molecule has 4 aromatic rings. The topological polar surface area (TPSA) is 139 Å². The molecule has 0 saturated carbocycles. The molecule has 36 heavy (non-hydrogen) atoms. The monoisotopic (exact) mass is 505 g/mol. The maximum absolute atomic E-state index is 12.7. The number of aromatic nitrogens is 6. The second kappa shape index (κ2) is 10.4. The molecule has 0 atom stereocenters. The van der Waals surface area contributed by atoms with E-state index in [4.69, 9.17) is 10.8 Å². The molecule has 1 amide bonds. The van der Waals surface area contributed by atoms with E-state index in [1.165, 1.54) is 0 Å². The molecule has 5 heterocycles. The first kappa shape index (κ1) is 25.2. The van der Waals surface area contributed by atoms with Crippen LogP contribution in [0.2, 0.25) is 0 Å². The van der Waals surface area contributed by atoms with Crippen molar-refractivity contribution in [1.29, 1.82) is 0 Å². The number of nitrogens with two attached hydrogens (primary N) is 1. The van der Waals surface area contributed by atoms with Gasteiger partial charge in [0, 0.05) is 38.2 Å². The fourth-order valence-electron chi connectivity index (χ4n) is 4.03. The van der Waals surface area contributed by atoms with E-state index in [1.54, 1.807) is 28.5 Å². The molecule has 11 nitrogen and oxygen atoms in total. The third kappa shape index (κ3) is 5.17. The number of likely N-dealkylation sites (tertiary alicyclic amines) is 1. The molecule has 0 aromatic carbocycles. The lowest BCUT2D eigenvalue weighted by atomic mass is 10.1. The van der Waals surface area contributed by atoms with Crippen LogP contribution < -0.4 is 11.1 Å². The average molecular weight is 506 g/mol. The molecule has 1 fully saturated rings. The number of nitrogens with zero attached hydrogens (tertiary/aromatic N) is 7. The van der Waals surface area contributed by atoms with Gasteiger partial charge in [0.2, 0.25) is 11.9 Å². The van der Waals surface area contributed by atoms with Crippen molar-refractivity contribution in [2.75, 3.05) is 44.5 Å². The second-order valence-electron chi connectivity index (χ2n) is 8.20. The van der Waals surface area contributed by atoms with Gasteiger partial charge in [-0.25, -0.2) is 22.8 Å². The summed E-state index contributed by atoms with van der Waals surface area (Å²) in [6.45, 7) is -1.36. The molecule has 1 saturated heterocycles. The summed E-state index contributed by atoms with van der Waals surface area (Å²) in [7, 11) is 1.77. The highest BCUT2D eigenvalue weighted by molar-refractivity contribution is 5.87. The third-order valence-corrected chi connectivity index (χ3v) is 5.70. The van der Waals surface area contributed by atoms with Crippen LogP contribution in [0.3, 0.4) is 0 Å². The Morgan fingerprint density at radius 3 is 2.78 bits per heavy atom. The Kier molecular flexibility index (Phi) is 7.24. The minimum absolute atomic E-state index is 0.164. The molecule has 1 aliphatic rings. The molecule has 4 N–H and O–H groups in total. The Bertz CT molecular complexity index is 1370. The summed E-state index contributed by atoms with van der Waals surface area (Å²) in [6, 6.07) is 5.61. The summed E-state index contributed by atoms with van der Waals surface area (Å²) in [4.78, 5) is 20.3. The number of hydrogen-bond donors (Lipinski definition) is 3. The molecule has 1 aliphatic heterocycles. The number of fused-ring (bicyclic) bond motifs is 2. The van der Waals surface area contributed by atoms with Crippen molar-refractivity contribution in [3.05, 3.63) is 36.3 Å². The number of piperidine rings is 1. The number of amides is 1. The van der Waals surface area contributed by atoms with Gasteiger partial charge in [0.25, 0.3) is 5.92 Å². The van der Waals surface area contributed by atoms with E-state index in [-0.39, 0.29) is 18.8 Å². The van der Waals surface area contributed by atoms with E-state index >= 15 is 0 Å². The van der Waals surface area contributed by atoms with Gasteiger partial charge in [-0.1, -0.05) is 0 Å². The molecule has 0 radical (unpaired) electrons. The van der Waals surface area contributed by atoms with Crippen LogP contribution in [0.5, 0.6) is 0 Å². The highest BCUT2D eigenvalue weighted by Gasteiger charge is 2.36. The van der Waals surface area contributed by atoms with Gasteiger partial charge in [-0.3, -0.25) is 9.18 Å². The van der Waals surface area contributed by atoms with Crippen molar-refractivity contribution in [1.82, 2.24) is 34.1 Å². The summed E-state index contributed by atoms with van der Waals surface area (Å²) >= 11 is 0. The van der Waals surface area contributed by atoms with Gasteiger partial charge in [-0.05, 0) is 24.6 Å². The zero-order valence-electron chi connectivity index (χ0n) is 19.5. The number of carbonyl (C=O) groups excluding carboxylic acids is 1. The van der Waals surface area contributed by atoms with E-state index in [9.17, 15) is 18.0 Å². The Morgan fingerprint density at radius 1 is 1.28 bits per heavy atom. The highest BCUT2D eigenvalue weighted by atomic mass is 19.3. The predicted octanol–water partition coefficient (Wildman–Crippen LogP) is 1.81. The fourth-order valence-corrected chi connectivity index (χ4v) is 4.03. The highest BCUT2D eigenvalue weighted by Crippen LogP contribution is 2.29. The van der Waals surface area contributed by atoms with E-state index in [2.05, 4.69) is 25.5 Å². The molecular weight excluding hydrogens is 479 g/mol. The van der Waals surface area contributed by atoms with Gasteiger partial charge in [-0.15, -0.1) is 5.10 Å². The van der Waals surface area contributed by atoms with Crippen LogP contribution in [0.1, 0.15) is 18.5 Å². The first-order chi connectivity index (χ1) is 17.3. The van der Waals surface area contributed by atoms with Gasteiger partial charge in [0.05, 0.1) is 30.8 Å². The quantitative estimate of drug-likeness (QED) is 0.373. The Balaban J connectivity index is 0.000000214. The maximum Gasteiger partial charge on any atom is 0.265 e. The number of nitrogens with one attached hydrogen (secondary N) is 1. The lowest BCUT2D eigenvalue weighted by molar-refractivity contribution is -0.144. The lowest BCUT2D eigenvalue weighted by Crippen LogP contribution is -2.46. The minimum atomic E-state index is -2.77. The van der Waals surface area contributed by atoms with Crippen LogP contribution in [0, 0.1) is 0 Å². The lowest BCUT2D eigenvalue weighted by Gasteiger charge is -2.31. The van der Waals surface area contributed by atoms with Crippen molar-refractivity contribution in [2.24, 2.45) is 0 Å². The van der Waals surface area contributed by atoms with Crippen molar-refractivity contribution in [2.45, 2.75) is 25.2 Å². The first-order valence-electron chi connectivity index (χ1n) is 11.3. The molecule has 0 spiro atoms. The Labute approximate surface area is 203 Å².